The second-order valence-electron chi connectivity index (χ2n) is 7.87. The van der Waals surface area contributed by atoms with Gasteiger partial charge >= 0.3 is 0 Å². The molecule has 1 aliphatic heterocycles. The number of carbonyl (C=O) groups is 2. The number of carbonyl (C=O) groups excluding carboxylic acids is 2. The lowest BCUT2D eigenvalue weighted by Crippen LogP contribution is -2.44. The van der Waals surface area contributed by atoms with Gasteiger partial charge in [-0.1, -0.05) is 0 Å². The van der Waals surface area contributed by atoms with Gasteiger partial charge in [0.1, 0.15) is 11.6 Å². The number of nitrogens with one attached hydrogen (secondary N) is 1. The first-order valence-electron chi connectivity index (χ1n) is 9.63. The number of halogens is 1. The number of hydrogen-bond acceptors (Lipinski definition) is 6. The zero-order valence-corrected chi connectivity index (χ0v) is 17.8. The summed E-state index contributed by atoms with van der Waals surface area (Å²) in [6, 6.07) is 8.56. The molecule has 0 unspecified atom stereocenters. The summed E-state index contributed by atoms with van der Waals surface area (Å²) >= 11 is 0. The van der Waals surface area contributed by atoms with E-state index in [1.807, 2.05) is 19.9 Å². The van der Waals surface area contributed by atoms with Crippen molar-refractivity contribution in [3.8, 4) is 11.5 Å². The average Bonchev–Trinajstić information content (AvgIpc) is 2.72. The number of allylic oxidation sites excluding steroid dienone is 2. The Morgan fingerprint density at radius 1 is 1.06 bits per heavy atom. The minimum Gasteiger partial charge on any atom is -0.507 e. The molecule has 2 aromatic carbocycles. The minimum atomic E-state index is -0.901. The summed E-state index contributed by atoms with van der Waals surface area (Å²) in [5.74, 6) is -1.52. The average molecular weight is 425 g/mol. The van der Waals surface area contributed by atoms with Crippen LogP contribution >= 0.6 is 0 Å². The van der Waals surface area contributed by atoms with Crippen LogP contribution in [0.25, 0.3) is 11.5 Å². The molecule has 1 heterocycles. The van der Waals surface area contributed by atoms with Crippen molar-refractivity contribution >= 4 is 23.0 Å². The fourth-order valence-electron chi connectivity index (χ4n) is 3.49. The molecule has 0 bridgehead atoms. The number of ether oxygens (including phenoxy) is 2. The number of benzene rings is 2. The summed E-state index contributed by atoms with van der Waals surface area (Å²) in [7, 11) is 3.07. The summed E-state index contributed by atoms with van der Waals surface area (Å²) in [5.41, 5.74) is 2.01. The van der Waals surface area contributed by atoms with Gasteiger partial charge in [0.25, 0.3) is 0 Å². The molecule has 0 radical (unpaired) electrons. The third-order valence-electron chi connectivity index (χ3n) is 4.93. The van der Waals surface area contributed by atoms with Crippen LogP contribution < -0.4 is 14.8 Å². The molecule has 0 amide bonds. The van der Waals surface area contributed by atoms with E-state index < -0.39 is 23.1 Å². The lowest BCUT2D eigenvalue weighted by atomic mass is 9.85. The van der Waals surface area contributed by atoms with E-state index in [-0.39, 0.29) is 11.1 Å². The third kappa shape index (κ3) is 4.94. The van der Waals surface area contributed by atoms with Gasteiger partial charge in [0.15, 0.2) is 11.5 Å². The summed E-state index contributed by atoms with van der Waals surface area (Å²) in [5, 5.41) is 13.4. The molecule has 162 valence electrons. The Bertz CT molecular complexity index is 1080. The molecule has 0 fully saturated rings. The van der Waals surface area contributed by atoms with Crippen LogP contribution in [-0.2, 0) is 16.0 Å². The van der Waals surface area contributed by atoms with Crippen molar-refractivity contribution in [1.29, 1.82) is 0 Å². The van der Waals surface area contributed by atoms with Crippen molar-refractivity contribution in [2.45, 2.75) is 25.8 Å². The topological polar surface area (TPSA) is 84.9 Å². The first-order chi connectivity index (χ1) is 14.6. The van der Waals surface area contributed by atoms with Crippen LogP contribution in [0.1, 0.15) is 30.5 Å². The number of fused-ring (bicyclic) bond motifs is 1. The van der Waals surface area contributed by atoms with Crippen LogP contribution in [-0.4, -0.2) is 36.4 Å². The van der Waals surface area contributed by atoms with Crippen LogP contribution in [0.3, 0.4) is 0 Å². The smallest absolute Gasteiger partial charge is 0.229 e. The molecule has 0 aromatic heterocycles. The Morgan fingerprint density at radius 2 is 1.68 bits per heavy atom. The molecular formula is C24H24FNO5. The molecule has 0 saturated carbocycles. The summed E-state index contributed by atoms with van der Waals surface area (Å²) < 4.78 is 23.8. The van der Waals surface area contributed by atoms with E-state index in [9.17, 15) is 19.1 Å². The van der Waals surface area contributed by atoms with Crippen LogP contribution in [0.5, 0.6) is 11.5 Å². The van der Waals surface area contributed by atoms with Gasteiger partial charge < -0.3 is 19.9 Å². The molecule has 31 heavy (non-hydrogen) atoms. The van der Waals surface area contributed by atoms with E-state index in [0.29, 0.717) is 23.6 Å². The number of ketones is 2. The van der Waals surface area contributed by atoms with Crippen molar-refractivity contribution in [2.75, 3.05) is 14.2 Å². The molecule has 0 aliphatic carbocycles. The molecule has 2 aromatic rings. The molecule has 1 aliphatic rings. The fraction of sp³-hybridized carbons (Fsp3) is 0.250. The van der Waals surface area contributed by atoms with Gasteiger partial charge in [0, 0.05) is 34.5 Å². The SMILES string of the molecule is COc1cc2c(cc1OC)/C(=C/C(=O)C(=O)/C=C(\O)c1ccc(F)cc1)NC(C)(C)C2. The number of rotatable bonds is 6. The second-order valence-corrected chi connectivity index (χ2v) is 7.87. The van der Waals surface area contributed by atoms with E-state index >= 15 is 0 Å². The summed E-state index contributed by atoms with van der Waals surface area (Å²) in [4.78, 5) is 25.0. The highest BCUT2D eigenvalue weighted by Gasteiger charge is 2.30. The predicted molar refractivity (Wildman–Crippen MR) is 115 cm³/mol. The standard InChI is InChI=1S/C24H24FNO5/c1-24(2)13-15-9-22(30-3)23(31-4)10-17(15)18(26-24)11-20(28)21(29)12-19(27)14-5-7-16(25)8-6-14/h5-12,26-27H,13H2,1-4H3/b18-11-,19-12-. The first-order valence-corrected chi connectivity index (χ1v) is 9.63. The third-order valence-corrected chi connectivity index (χ3v) is 4.93. The van der Waals surface area contributed by atoms with Gasteiger partial charge in [-0.3, -0.25) is 9.59 Å². The molecule has 6 nitrogen and oxygen atoms in total. The molecule has 7 heteroatoms. The highest BCUT2D eigenvalue weighted by molar-refractivity contribution is 6.47. The molecule has 0 spiro atoms. The Labute approximate surface area is 180 Å². The molecule has 0 saturated heterocycles. The highest BCUT2D eigenvalue weighted by atomic mass is 19.1. The Kier molecular flexibility index (Phi) is 6.15. The summed E-state index contributed by atoms with van der Waals surface area (Å²) in [6.45, 7) is 3.96. The van der Waals surface area contributed by atoms with E-state index in [0.717, 1.165) is 29.3 Å². The first kappa shape index (κ1) is 22.1. The molecule has 3 rings (SSSR count). The zero-order chi connectivity index (χ0) is 22.8. The maximum absolute atomic E-state index is 13.0. The van der Waals surface area contributed by atoms with Crippen molar-refractivity contribution < 1.29 is 28.6 Å². The van der Waals surface area contributed by atoms with E-state index in [4.69, 9.17) is 9.47 Å². The van der Waals surface area contributed by atoms with Crippen molar-refractivity contribution in [3.63, 3.8) is 0 Å². The van der Waals surface area contributed by atoms with Gasteiger partial charge in [0.2, 0.25) is 11.6 Å². The second kappa shape index (κ2) is 8.63. The lowest BCUT2D eigenvalue weighted by Gasteiger charge is -2.36. The van der Waals surface area contributed by atoms with Gasteiger partial charge in [-0.15, -0.1) is 0 Å². The number of methoxy groups -OCH3 is 2. The minimum absolute atomic E-state index is 0.231. The summed E-state index contributed by atoms with van der Waals surface area (Å²) in [6.07, 6.45) is 2.71. The zero-order valence-electron chi connectivity index (χ0n) is 17.8. The van der Waals surface area contributed by atoms with E-state index in [1.54, 1.807) is 13.2 Å². The van der Waals surface area contributed by atoms with Crippen LogP contribution in [0.15, 0.2) is 48.6 Å². The lowest BCUT2D eigenvalue weighted by molar-refractivity contribution is -0.130. The normalized spacial score (nSPS) is 16.3. The Morgan fingerprint density at radius 3 is 2.29 bits per heavy atom. The Hall–Kier alpha value is -3.61. The maximum Gasteiger partial charge on any atom is 0.229 e. The largest absolute Gasteiger partial charge is 0.507 e. The van der Waals surface area contributed by atoms with Gasteiger partial charge in [-0.05, 0) is 62.2 Å². The predicted octanol–water partition coefficient (Wildman–Crippen LogP) is 3.85. The number of aliphatic hydroxyl groups is 1. The van der Waals surface area contributed by atoms with Gasteiger partial charge in [-0.25, -0.2) is 4.39 Å². The van der Waals surface area contributed by atoms with Gasteiger partial charge in [-0.2, -0.15) is 0 Å². The quantitative estimate of drug-likeness (QED) is 0.416. The fourth-order valence-corrected chi connectivity index (χ4v) is 3.49. The Balaban J connectivity index is 1.95. The maximum atomic E-state index is 13.0. The van der Waals surface area contributed by atoms with Crippen LogP contribution in [0.2, 0.25) is 0 Å². The van der Waals surface area contributed by atoms with Gasteiger partial charge in [0.05, 0.1) is 14.2 Å². The van der Waals surface area contributed by atoms with Crippen molar-refractivity contribution in [3.05, 3.63) is 71.1 Å². The monoisotopic (exact) mass is 425 g/mol. The van der Waals surface area contributed by atoms with Crippen LogP contribution in [0.4, 0.5) is 4.39 Å². The number of hydrogen-bond donors (Lipinski definition) is 2. The molecule has 0 atom stereocenters. The van der Waals surface area contributed by atoms with E-state index in [1.165, 1.54) is 25.3 Å². The van der Waals surface area contributed by atoms with Crippen molar-refractivity contribution in [2.24, 2.45) is 0 Å². The van der Waals surface area contributed by atoms with Crippen LogP contribution in [0, 0.1) is 5.82 Å². The van der Waals surface area contributed by atoms with Crippen molar-refractivity contribution in [1.82, 2.24) is 5.32 Å². The molecule has 2 N–H and O–H groups in total. The highest BCUT2D eigenvalue weighted by Crippen LogP contribution is 2.38. The van der Waals surface area contributed by atoms with E-state index in [2.05, 4.69) is 5.32 Å². The molecular weight excluding hydrogens is 401 g/mol. The number of aliphatic hydroxyl groups excluding tert-OH is 1.